The molecule has 1 aliphatic heterocycles. The number of anilines is 1. The Morgan fingerprint density at radius 1 is 1.09 bits per heavy atom. The summed E-state index contributed by atoms with van der Waals surface area (Å²) in [6, 6.07) is 23.7. The normalized spacial score (nSPS) is 13.9. The number of nitriles is 1. The zero-order valence-corrected chi connectivity index (χ0v) is 23.3. The van der Waals surface area contributed by atoms with Crippen LogP contribution in [-0.2, 0) is 11.4 Å². The van der Waals surface area contributed by atoms with E-state index in [1.807, 2.05) is 42.5 Å². The molecule has 0 N–H and O–H groups in total. The number of amides is 1. The molecule has 0 spiro atoms. The van der Waals surface area contributed by atoms with E-state index in [4.69, 9.17) is 16.3 Å². The molecule has 4 rings (SSSR count). The van der Waals surface area contributed by atoms with Crippen molar-refractivity contribution in [3.8, 4) is 11.8 Å². The van der Waals surface area contributed by atoms with Crippen molar-refractivity contribution in [3.05, 3.63) is 96.5 Å². The zero-order valence-electron chi connectivity index (χ0n) is 18.8. The summed E-state index contributed by atoms with van der Waals surface area (Å²) in [5.41, 5.74) is 2.89. The van der Waals surface area contributed by atoms with Crippen molar-refractivity contribution in [1.29, 1.82) is 5.26 Å². The summed E-state index contributed by atoms with van der Waals surface area (Å²) in [5.74, 6) is 0.246. The molecular formula is C27H22BrClIN3O2. The van der Waals surface area contributed by atoms with Crippen molar-refractivity contribution in [2.24, 2.45) is 0 Å². The van der Waals surface area contributed by atoms with E-state index >= 15 is 0 Å². The molecule has 1 amide bonds. The van der Waals surface area contributed by atoms with Crippen LogP contribution in [0.3, 0.4) is 0 Å². The molecule has 0 bridgehead atoms. The molecule has 0 aromatic heterocycles. The Kier molecular flexibility index (Phi) is 8.71. The van der Waals surface area contributed by atoms with Crippen LogP contribution < -0.4 is 9.64 Å². The van der Waals surface area contributed by atoms with Gasteiger partial charge in [-0.05, 0) is 92.1 Å². The van der Waals surface area contributed by atoms with E-state index < -0.39 is 0 Å². The SMILES string of the molecule is N#C/C(=C/c1cc(Cl)c(OCc2ccc(I)cc2)c(Br)c1)C(=O)N1CCN(c2ccccc2)CC1. The molecule has 0 saturated carbocycles. The van der Waals surface area contributed by atoms with E-state index in [2.05, 4.69) is 61.6 Å². The van der Waals surface area contributed by atoms with Crippen molar-refractivity contribution in [2.45, 2.75) is 6.61 Å². The average molecular weight is 663 g/mol. The van der Waals surface area contributed by atoms with E-state index in [9.17, 15) is 10.1 Å². The van der Waals surface area contributed by atoms with E-state index in [0.29, 0.717) is 40.5 Å². The smallest absolute Gasteiger partial charge is 0.264 e. The maximum absolute atomic E-state index is 13.0. The fraction of sp³-hybridized carbons (Fsp3) is 0.185. The minimum Gasteiger partial charge on any atom is -0.486 e. The highest BCUT2D eigenvalue weighted by Gasteiger charge is 2.24. The molecular weight excluding hydrogens is 641 g/mol. The number of halogens is 3. The highest BCUT2D eigenvalue weighted by atomic mass is 127. The van der Waals surface area contributed by atoms with Crippen molar-refractivity contribution in [3.63, 3.8) is 0 Å². The lowest BCUT2D eigenvalue weighted by Gasteiger charge is -2.36. The predicted molar refractivity (Wildman–Crippen MR) is 151 cm³/mol. The van der Waals surface area contributed by atoms with Crippen molar-refractivity contribution in [1.82, 2.24) is 4.90 Å². The van der Waals surface area contributed by atoms with E-state index in [0.717, 1.165) is 27.9 Å². The number of hydrogen-bond acceptors (Lipinski definition) is 4. The number of hydrogen-bond donors (Lipinski definition) is 0. The average Bonchev–Trinajstić information content (AvgIpc) is 2.88. The Labute approximate surface area is 232 Å². The third kappa shape index (κ3) is 6.57. The first-order chi connectivity index (χ1) is 16.9. The number of benzene rings is 3. The molecule has 5 nitrogen and oxygen atoms in total. The molecule has 3 aromatic rings. The van der Waals surface area contributed by atoms with Crippen LogP contribution in [0.5, 0.6) is 5.75 Å². The lowest BCUT2D eigenvalue weighted by Crippen LogP contribution is -2.49. The number of piperazine rings is 1. The second kappa shape index (κ2) is 11.9. The number of para-hydroxylation sites is 1. The Bertz CT molecular complexity index is 1240. The lowest BCUT2D eigenvalue weighted by atomic mass is 10.1. The highest BCUT2D eigenvalue weighted by Crippen LogP contribution is 2.36. The van der Waals surface area contributed by atoms with Gasteiger partial charge < -0.3 is 14.5 Å². The maximum atomic E-state index is 13.0. The van der Waals surface area contributed by atoms with Gasteiger partial charge in [0.1, 0.15) is 18.2 Å². The predicted octanol–water partition coefficient (Wildman–Crippen LogP) is 6.54. The number of carbonyl (C=O) groups is 1. The van der Waals surface area contributed by atoms with Gasteiger partial charge in [-0.15, -0.1) is 0 Å². The van der Waals surface area contributed by atoms with Crippen LogP contribution in [0, 0.1) is 14.9 Å². The molecule has 0 aliphatic carbocycles. The first-order valence-electron chi connectivity index (χ1n) is 11.0. The van der Waals surface area contributed by atoms with Crippen LogP contribution in [0.1, 0.15) is 11.1 Å². The molecule has 178 valence electrons. The second-order valence-electron chi connectivity index (χ2n) is 8.01. The van der Waals surface area contributed by atoms with Crippen molar-refractivity contribution >= 4 is 67.8 Å². The van der Waals surface area contributed by atoms with Crippen LogP contribution >= 0.6 is 50.1 Å². The van der Waals surface area contributed by atoms with Crippen LogP contribution in [0.4, 0.5) is 5.69 Å². The van der Waals surface area contributed by atoms with E-state index in [1.165, 1.54) is 0 Å². The summed E-state index contributed by atoms with van der Waals surface area (Å²) in [6.07, 6.45) is 1.57. The van der Waals surface area contributed by atoms with Crippen LogP contribution in [0.2, 0.25) is 5.02 Å². The number of ether oxygens (including phenoxy) is 1. The first-order valence-corrected chi connectivity index (χ1v) is 13.3. The van der Waals surface area contributed by atoms with Gasteiger partial charge in [0.25, 0.3) is 5.91 Å². The lowest BCUT2D eigenvalue weighted by molar-refractivity contribution is -0.126. The Balaban J connectivity index is 1.43. The Morgan fingerprint density at radius 2 is 1.77 bits per heavy atom. The largest absolute Gasteiger partial charge is 0.486 e. The standard InChI is InChI=1S/C27H22BrClIN3O2/c28-24-15-20(16-25(29)26(24)35-18-19-6-8-22(30)9-7-19)14-21(17-31)27(34)33-12-10-32(11-13-33)23-4-2-1-3-5-23/h1-9,14-16H,10-13,18H2/b21-14-. The monoisotopic (exact) mass is 661 g/mol. The molecule has 0 radical (unpaired) electrons. The fourth-order valence-electron chi connectivity index (χ4n) is 3.82. The van der Waals surface area contributed by atoms with E-state index in [-0.39, 0.29) is 11.5 Å². The molecule has 1 saturated heterocycles. The molecule has 1 aliphatic rings. The van der Waals surface area contributed by atoms with Gasteiger partial charge in [0.05, 0.1) is 9.50 Å². The minimum absolute atomic E-state index is 0.0775. The molecule has 3 aromatic carbocycles. The summed E-state index contributed by atoms with van der Waals surface area (Å²) in [6.45, 7) is 2.93. The second-order valence-corrected chi connectivity index (χ2v) is 10.5. The quantitative estimate of drug-likeness (QED) is 0.171. The fourth-order valence-corrected chi connectivity index (χ4v) is 5.17. The van der Waals surface area contributed by atoms with Crippen molar-refractivity contribution < 1.29 is 9.53 Å². The minimum atomic E-state index is -0.272. The highest BCUT2D eigenvalue weighted by molar-refractivity contribution is 14.1. The number of carbonyl (C=O) groups excluding carboxylic acids is 1. The van der Waals surface area contributed by atoms with Gasteiger partial charge in [-0.1, -0.05) is 41.9 Å². The van der Waals surface area contributed by atoms with Crippen LogP contribution in [0.15, 0.2) is 76.8 Å². The first kappa shape index (κ1) is 25.5. The molecule has 8 heteroatoms. The van der Waals surface area contributed by atoms with Gasteiger partial charge in [0.15, 0.2) is 5.75 Å². The molecule has 0 atom stereocenters. The van der Waals surface area contributed by atoms with Crippen LogP contribution in [0.25, 0.3) is 6.08 Å². The third-order valence-corrected chi connectivity index (χ3v) is 7.26. The summed E-state index contributed by atoms with van der Waals surface area (Å²) in [4.78, 5) is 17.0. The molecule has 1 fully saturated rings. The van der Waals surface area contributed by atoms with E-state index in [1.54, 1.807) is 23.1 Å². The van der Waals surface area contributed by atoms with Crippen molar-refractivity contribution in [2.75, 3.05) is 31.1 Å². The number of rotatable bonds is 6. The topological polar surface area (TPSA) is 56.6 Å². The third-order valence-electron chi connectivity index (χ3n) is 5.67. The summed E-state index contributed by atoms with van der Waals surface area (Å²) in [7, 11) is 0. The maximum Gasteiger partial charge on any atom is 0.264 e. The Morgan fingerprint density at radius 3 is 2.40 bits per heavy atom. The Hall–Kier alpha value is -2.54. The number of nitrogens with zero attached hydrogens (tertiary/aromatic N) is 3. The summed E-state index contributed by atoms with van der Waals surface area (Å²) >= 11 is 12.3. The van der Waals surface area contributed by atoms with Gasteiger partial charge in [-0.3, -0.25) is 4.79 Å². The van der Waals surface area contributed by atoms with Gasteiger partial charge >= 0.3 is 0 Å². The van der Waals surface area contributed by atoms with Gasteiger partial charge in [0, 0.05) is 35.4 Å². The zero-order chi connectivity index (χ0) is 24.8. The van der Waals surface area contributed by atoms with Crippen LogP contribution in [-0.4, -0.2) is 37.0 Å². The van der Waals surface area contributed by atoms with Gasteiger partial charge in [0.2, 0.25) is 0 Å². The van der Waals surface area contributed by atoms with Gasteiger partial charge in [-0.2, -0.15) is 5.26 Å². The summed E-state index contributed by atoms with van der Waals surface area (Å²) < 4.78 is 7.73. The molecule has 1 heterocycles. The van der Waals surface area contributed by atoms with Gasteiger partial charge in [-0.25, -0.2) is 0 Å². The molecule has 0 unspecified atom stereocenters. The summed E-state index contributed by atoms with van der Waals surface area (Å²) in [5, 5.41) is 10.1. The molecule has 35 heavy (non-hydrogen) atoms.